The summed E-state index contributed by atoms with van der Waals surface area (Å²) in [6.07, 6.45) is 5.41. The average molecular weight is 826 g/mol. The summed E-state index contributed by atoms with van der Waals surface area (Å²) in [5, 5.41) is 13.1. The van der Waals surface area contributed by atoms with E-state index in [4.69, 9.17) is 0 Å². The van der Waals surface area contributed by atoms with E-state index in [1.165, 1.54) is 5.56 Å². The standard InChI is InChI=1S/C28H29N5O3.C18H22N4O3/c1-17-23(10-11-32(17)15-18-12-19-4-2-3-5-24(19)29-14-18)30-21-6-7-22-20(13-21)16-33(28(22)36)25-8-9-26(34)31-27(25)35;1-21-7-6-13(10-21)19-12-2-3-14-11(8-12)9-22(18(14)25)15-4-5-16(23)20-17(15)24/h2-7,12-14,17,23,25,30H,8-11,15-16H2,1H3,(H,31,34,35);2-3,8,13,15,19H,4-7,9-10H2,1H3,(H,20,23,24)/t17?,23-,25?;13-,15?/m00/s1. The van der Waals surface area contributed by atoms with Gasteiger partial charge in [0.15, 0.2) is 0 Å². The molecule has 4 aromatic rings. The number of fused-ring (bicyclic) bond motifs is 3. The zero-order chi connectivity index (χ0) is 42.4. The maximum Gasteiger partial charge on any atom is 0.255 e. The molecule has 316 valence electrons. The van der Waals surface area contributed by atoms with Crippen molar-refractivity contribution in [2.75, 3.05) is 37.3 Å². The summed E-state index contributed by atoms with van der Waals surface area (Å²) in [5.41, 5.74) is 7.36. The number of amides is 6. The molecule has 61 heavy (non-hydrogen) atoms. The Morgan fingerprint density at radius 1 is 0.705 bits per heavy atom. The van der Waals surface area contributed by atoms with Crippen molar-refractivity contribution in [3.05, 3.63) is 101 Å². The number of anilines is 2. The molecule has 4 N–H and O–H groups in total. The molecule has 0 spiro atoms. The fourth-order valence-corrected chi connectivity index (χ4v) is 9.69. The summed E-state index contributed by atoms with van der Waals surface area (Å²) in [5.74, 6) is -1.56. The maximum atomic E-state index is 13.0. The molecule has 1 aromatic heterocycles. The number of rotatable bonds is 8. The van der Waals surface area contributed by atoms with Crippen molar-refractivity contribution in [2.45, 2.75) is 95.3 Å². The summed E-state index contributed by atoms with van der Waals surface area (Å²) in [7, 11) is 2.11. The Morgan fingerprint density at radius 3 is 1.90 bits per heavy atom. The monoisotopic (exact) mass is 825 g/mol. The van der Waals surface area contributed by atoms with Crippen LogP contribution in [0.15, 0.2) is 72.9 Å². The number of piperidine rings is 2. The second kappa shape index (κ2) is 16.7. The van der Waals surface area contributed by atoms with Gasteiger partial charge in [-0.1, -0.05) is 18.2 Å². The first-order valence-electron chi connectivity index (χ1n) is 21.3. The van der Waals surface area contributed by atoms with Gasteiger partial charge in [-0.15, -0.1) is 0 Å². The summed E-state index contributed by atoms with van der Waals surface area (Å²) < 4.78 is 0. The second-order valence-corrected chi connectivity index (χ2v) is 17.2. The Morgan fingerprint density at radius 2 is 1.31 bits per heavy atom. The van der Waals surface area contributed by atoms with Gasteiger partial charge >= 0.3 is 0 Å². The van der Waals surface area contributed by atoms with E-state index in [1.807, 2.05) is 60.8 Å². The number of nitrogens with zero attached hydrogens (tertiary/aromatic N) is 5. The highest BCUT2D eigenvalue weighted by atomic mass is 16.2. The lowest BCUT2D eigenvalue weighted by atomic mass is 10.0. The normalized spacial score (nSPS) is 25.3. The van der Waals surface area contributed by atoms with Gasteiger partial charge in [-0.2, -0.15) is 0 Å². The SMILES string of the molecule is CC1[C@@H](Nc2ccc3c(c2)CN(C2CCC(=O)NC2=O)C3=O)CCN1Cc1cnc2ccccc2c1.CN1CC[C@H](Nc2ccc3c(c2)CN(C2CCC(=O)NC2=O)C3=O)C1. The molecule has 5 atom stereocenters. The third kappa shape index (κ3) is 8.31. The van der Waals surface area contributed by atoms with E-state index in [2.05, 4.69) is 62.2 Å². The van der Waals surface area contributed by atoms with Gasteiger partial charge in [-0.25, -0.2) is 0 Å². The van der Waals surface area contributed by atoms with Crippen LogP contribution in [0.3, 0.4) is 0 Å². The van der Waals surface area contributed by atoms with Gasteiger partial charge in [0.2, 0.25) is 23.6 Å². The number of likely N-dealkylation sites (N-methyl/N-ethyl adjacent to an activating group) is 1. The number of likely N-dealkylation sites (tertiary alicyclic amines) is 2. The molecule has 3 aromatic carbocycles. The molecule has 15 nitrogen and oxygen atoms in total. The summed E-state index contributed by atoms with van der Waals surface area (Å²) in [4.78, 5) is 85.4. The number of benzene rings is 3. The summed E-state index contributed by atoms with van der Waals surface area (Å²) in [6.45, 7) is 7.01. The topological polar surface area (TPSA) is 176 Å². The van der Waals surface area contributed by atoms with Crippen LogP contribution in [0.25, 0.3) is 10.9 Å². The van der Waals surface area contributed by atoms with Crippen molar-refractivity contribution in [1.82, 2.24) is 35.2 Å². The minimum atomic E-state index is -0.591. The number of aromatic nitrogens is 1. The van der Waals surface area contributed by atoms with E-state index in [9.17, 15) is 28.8 Å². The van der Waals surface area contributed by atoms with Crippen LogP contribution in [0, 0.1) is 0 Å². The van der Waals surface area contributed by atoms with Crippen molar-refractivity contribution in [2.24, 2.45) is 0 Å². The fraction of sp³-hybridized carbons (Fsp3) is 0.413. The van der Waals surface area contributed by atoms with Crippen molar-refractivity contribution in [1.29, 1.82) is 0 Å². The van der Waals surface area contributed by atoms with Gasteiger partial charge in [-0.3, -0.25) is 49.3 Å². The van der Waals surface area contributed by atoms with Crippen molar-refractivity contribution in [3.8, 4) is 0 Å². The number of hydrogen-bond acceptors (Lipinski definition) is 11. The number of imide groups is 2. The first kappa shape index (κ1) is 40.2. The third-order valence-corrected chi connectivity index (χ3v) is 13.1. The second-order valence-electron chi connectivity index (χ2n) is 17.2. The van der Waals surface area contributed by atoms with Crippen LogP contribution in [0.2, 0.25) is 0 Å². The highest BCUT2D eigenvalue weighted by Gasteiger charge is 2.41. The van der Waals surface area contributed by atoms with Gasteiger partial charge < -0.3 is 25.3 Å². The molecule has 4 saturated heterocycles. The molecular formula is C46H51N9O6. The molecule has 15 heteroatoms. The van der Waals surface area contributed by atoms with Gasteiger partial charge in [-0.05, 0) is 111 Å². The van der Waals surface area contributed by atoms with E-state index in [1.54, 1.807) is 9.80 Å². The molecule has 4 fully saturated rings. The molecule has 6 aliphatic rings. The Kier molecular flexibility index (Phi) is 11.0. The predicted octanol–water partition coefficient (Wildman–Crippen LogP) is 3.63. The molecule has 0 radical (unpaired) electrons. The van der Waals surface area contributed by atoms with Crippen LogP contribution in [0.5, 0.6) is 0 Å². The number of nitrogens with one attached hydrogen (secondary N) is 4. The zero-order valence-corrected chi connectivity index (χ0v) is 34.5. The molecule has 3 unspecified atom stereocenters. The number of carbonyl (C=O) groups excluding carboxylic acids is 6. The Labute approximate surface area is 354 Å². The van der Waals surface area contributed by atoms with E-state index >= 15 is 0 Å². The van der Waals surface area contributed by atoms with Crippen LogP contribution in [-0.2, 0) is 38.8 Å². The Bertz CT molecular complexity index is 2440. The molecular weight excluding hydrogens is 775 g/mol. The smallest absolute Gasteiger partial charge is 0.255 e. The minimum Gasteiger partial charge on any atom is -0.381 e. The van der Waals surface area contributed by atoms with Crippen LogP contribution in [0.4, 0.5) is 11.4 Å². The van der Waals surface area contributed by atoms with Crippen LogP contribution >= 0.6 is 0 Å². The quantitative estimate of drug-likeness (QED) is 0.191. The first-order chi connectivity index (χ1) is 29.5. The lowest BCUT2D eigenvalue weighted by Crippen LogP contribution is -2.52. The van der Waals surface area contributed by atoms with Crippen molar-refractivity contribution >= 4 is 57.7 Å². The number of para-hydroxylation sites is 1. The van der Waals surface area contributed by atoms with Gasteiger partial charge in [0.1, 0.15) is 12.1 Å². The van der Waals surface area contributed by atoms with Gasteiger partial charge in [0.25, 0.3) is 11.8 Å². The molecule has 6 amide bonds. The molecule has 0 bridgehead atoms. The summed E-state index contributed by atoms with van der Waals surface area (Å²) >= 11 is 0. The number of carbonyl (C=O) groups is 6. The average Bonchev–Trinajstić information content (AvgIpc) is 3.99. The zero-order valence-electron chi connectivity index (χ0n) is 34.5. The van der Waals surface area contributed by atoms with Gasteiger partial charge in [0, 0.05) is 97.8 Å². The van der Waals surface area contributed by atoms with Crippen LogP contribution < -0.4 is 21.3 Å². The van der Waals surface area contributed by atoms with Gasteiger partial charge in [0.05, 0.1) is 5.52 Å². The maximum absolute atomic E-state index is 13.0. The van der Waals surface area contributed by atoms with Crippen molar-refractivity contribution in [3.63, 3.8) is 0 Å². The number of hydrogen-bond donors (Lipinski definition) is 4. The van der Waals surface area contributed by atoms with Crippen molar-refractivity contribution < 1.29 is 28.8 Å². The van der Waals surface area contributed by atoms with E-state index in [0.717, 1.165) is 72.4 Å². The minimum absolute atomic E-state index is 0.128. The van der Waals surface area contributed by atoms with Crippen LogP contribution in [0.1, 0.15) is 82.9 Å². The Hall–Kier alpha value is -6.19. The largest absolute Gasteiger partial charge is 0.381 e. The molecule has 0 saturated carbocycles. The molecule has 0 aliphatic carbocycles. The molecule has 10 rings (SSSR count). The van der Waals surface area contributed by atoms with E-state index < -0.39 is 12.1 Å². The molecule has 6 aliphatic heterocycles. The van der Waals surface area contributed by atoms with Crippen LogP contribution in [-0.4, -0.2) is 117 Å². The fourth-order valence-electron chi connectivity index (χ4n) is 9.69. The highest BCUT2D eigenvalue weighted by molar-refractivity contribution is 6.06. The highest BCUT2D eigenvalue weighted by Crippen LogP contribution is 2.33. The lowest BCUT2D eigenvalue weighted by molar-refractivity contribution is -0.138. The lowest BCUT2D eigenvalue weighted by Gasteiger charge is -2.29. The summed E-state index contributed by atoms with van der Waals surface area (Å²) in [6, 6.07) is 21.9. The predicted molar refractivity (Wildman–Crippen MR) is 228 cm³/mol. The van der Waals surface area contributed by atoms with E-state index in [0.29, 0.717) is 55.2 Å². The van der Waals surface area contributed by atoms with E-state index in [-0.39, 0.29) is 48.3 Å². The number of pyridine rings is 1. The molecule has 7 heterocycles. The third-order valence-electron chi connectivity index (χ3n) is 13.1. The Balaban J connectivity index is 0.000000167. The first-order valence-corrected chi connectivity index (χ1v) is 21.3.